The summed E-state index contributed by atoms with van der Waals surface area (Å²) in [4.78, 5) is 27.3. The lowest BCUT2D eigenvalue weighted by molar-refractivity contribution is -0.121. The van der Waals surface area contributed by atoms with Crippen LogP contribution in [0.2, 0.25) is 0 Å². The SMILES string of the molecule is O=C(Nc1ccccc1O)C1CCN(C(=O)c2cccc(Oc3ccccc3)c2)CC1. The largest absolute Gasteiger partial charge is 0.506 e. The molecule has 0 unspecified atom stereocenters. The van der Waals surface area contributed by atoms with Crippen LogP contribution in [0.25, 0.3) is 0 Å². The maximum absolute atomic E-state index is 13.0. The van der Waals surface area contributed by atoms with Gasteiger partial charge in [0.25, 0.3) is 5.91 Å². The maximum Gasteiger partial charge on any atom is 0.253 e. The van der Waals surface area contributed by atoms with Crippen molar-refractivity contribution >= 4 is 17.5 Å². The van der Waals surface area contributed by atoms with E-state index in [2.05, 4.69) is 5.32 Å². The van der Waals surface area contributed by atoms with Crippen LogP contribution in [0.3, 0.4) is 0 Å². The standard InChI is InChI=1S/C25H24N2O4/c28-23-12-5-4-11-22(23)26-24(29)18-13-15-27(16-14-18)25(30)19-7-6-10-21(17-19)31-20-8-2-1-3-9-20/h1-12,17-18,28H,13-16H2,(H,26,29). The number of amides is 2. The van der Waals surface area contributed by atoms with Crippen molar-refractivity contribution in [2.75, 3.05) is 18.4 Å². The number of aromatic hydroxyl groups is 1. The third kappa shape index (κ3) is 5.04. The fourth-order valence-electron chi connectivity index (χ4n) is 3.66. The van der Waals surface area contributed by atoms with E-state index in [1.165, 1.54) is 6.07 Å². The lowest BCUT2D eigenvalue weighted by Gasteiger charge is -2.31. The average Bonchev–Trinajstić information content (AvgIpc) is 2.81. The Morgan fingerprint density at radius 1 is 0.871 bits per heavy atom. The van der Waals surface area contributed by atoms with Gasteiger partial charge in [0.15, 0.2) is 0 Å². The van der Waals surface area contributed by atoms with Crippen LogP contribution >= 0.6 is 0 Å². The summed E-state index contributed by atoms with van der Waals surface area (Å²) in [6, 6.07) is 23.2. The molecule has 0 aliphatic carbocycles. The minimum atomic E-state index is -0.198. The number of anilines is 1. The minimum Gasteiger partial charge on any atom is -0.506 e. The summed E-state index contributed by atoms with van der Waals surface area (Å²) >= 11 is 0. The molecule has 0 aromatic heterocycles. The molecule has 4 rings (SSSR count). The van der Waals surface area contributed by atoms with E-state index in [1.807, 2.05) is 36.4 Å². The van der Waals surface area contributed by atoms with Gasteiger partial charge in [-0.25, -0.2) is 0 Å². The number of hydrogen-bond donors (Lipinski definition) is 2. The molecule has 1 saturated heterocycles. The molecule has 3 aromatic rings. The Labute approximate surface area is 181 Å². The number of carbonyl (C=O) groups excluding carboxylic acids is 2. The van der Waals surface area contributed by atoms with Gasteiger partial charge in [-0.15, -0.1) is 0 Å². The molecule has 3 aromatic carbocycles. The van der Waals surface area contributed by atoms with Crippen LogP contribution in [0.15, 0.2) is 78.9 Å². The minimum absolute atomic E-state index is 0.0427. The molecule has 1 heterocycles. The summed E-state index contributed by atoms with van der Waals surface area (Å²) in [5.41, 5.74) is 0.965. The molecular formula is C25H24N2O4. The van der Waals surface area contributed by atoms with Gasteiger partial charge in [-0.3, -0.25) is 9.59 Å². The van der Waals surface area contributed by atoms with E-state index >= 15 is 0 Å². The van der Waals surface area contributed by atoms with Crippen molar-refractivity contribution in [2.24, 2.45) is 5.92 Å². The normalized spacial score (nSPS) is 14.1. The Kier molecular flexibility index (Phi) is 6.17. The van der Waals surface area contributed by atoms with Gasteiger partial charge in [-0.1, -0.05) is 36.4 Å². The first-order valence-electron chi connectivity index (χ1n) is 10.3. The Balaban J connectivity index is 1.34. The van der Waals surface area contributed by atoms with Gasteiger partial charge >= 0.3 is 0 Å². The summed E-state index contributed by atoms with van der Waals surface area (Å²) in [6.07, 6.45) is 1.15. The van der Waals surface area contributed by atoms with Gasteiger partial charge in [0, 0.05) is 24.6 Å². The quantitative estimate of drug-likeness (QED) is 0.592. The summed E-state index contributed by atoms with van der Waals surface area (Å²) in [7, 11) is 0. The van der Waals surface area contributed by atoms with Gasteiger partial charge in [0.1, 0.15) is 17.2 Å². The number of rotatable bonds is 5. The third-order valence-electron chi connectivity index (χ3n) is 5.37. The number of para-hydroxylation sites is 3. The van der Waals surface area contributed by atoms with Crippen LogP contribution in [0.4, 0.5) is 5.69 Å². The van der Waals surface area contributed by atoms with E-state index < -0.39 is 0 Å². The average molecular weight is 416 g/mol. The zero-order valence-corrected chi connectivity index (χ0v) is 17.0. The van der Waals surface area contributed by atoms with Crippen molar-refractivity contribution < 1.29 is 19.4 Å². The van der Waals surface area contributed by atoms with Gasteiger partial charge in [0.2, 0.25) is 5.91 Å². The molecule has 2 N–H and O–H groups in total. The molecular weight excluding hydrogens is 392 g/mol. The molecule has 0 bridgehead atoms. The van der Waals surface area contributed by atoms with Crippen LogP contribution in [0, 0.1) is 5.92 Å². The van der Waals surface area contributed by atoms with Crippen LogP contribution in [0.5, 0.6) is 17.2 Å². The Bertz CT molecular complexity index is 1060. The van der Waals surface area contributed by atoms with Crippen LogP contribution in [0.1, 0.15) is 23.2 Å². The van der Waals surface area contributed by atoms with E-state index in [-0.39, 0.29) is 23.5 Å². The van der Waals surface area contributed by atoms with Crippen molar-refractivity contribution in [3.63, 3.8) is 0 Å². The molecule has 0 radical (unpaired) electrons. The fourth-order valence-corrected chi connectivity index (χ4v) is 3.66. The van der Waals surface area contributed by atoms with E-state index in [4.69, 9.17) is 4.74 Å². The predicted octanol–water partition coefficient (Wildman–Crippen LogP) is 4.68. The number of phenols is 1. The summed E-state index contributed by atoms with van der Waals surface area (Å²) in [5.74, 6) is 0.958. The highest BCUT2D eigenvalue weighted by Crippen LogP contribution is 2.26. The molecule has 1 aliphatic heterocycles. The Hall–Kier alpha value is -3.80. The van der Waals surface area contributed by atoms with E-state index in [9.17, 15) is 14.7 Å². The maximum atomic E-state index is 13.0. The molecule has 2 amide bonds. The molecule has 6 nitrogen and oxygen atoms in total. The molecule has 0 atom stereocenters. The van der Waals surface area contributed by atoms with Crippen LogP contribution in [-0.2, 0) is 4.79 Å². The number of phenolic OH excluding ortho intramolecular Hbond substituents is 1. The highest BCUT2D eigenvalue weighted by Gasteiger charge is 2.28. The van der Waals surface area contributed by atoms with Gasteiger partial charge in [0.05, 0.1) is 5.69 Å². The monoisotopic (exact) mass is 416 g/mol. The topological polar surface area (TPSA) is 78.9 Å². The number of piperidine rings is 1. The lowest BCUT2D eigenvalue weighted by atomic mass is 9.95. The molecule has 6 heteroatoms. The zero-order chi connectivity index (χ0) is 21.6. The van der Waals surface area contributed by atoms with Crippen molar-refractivity contribution in [2.45, 2.75) is 12.8 Å². The number of nitrogens with one attached hydrogen (secondary N) is 1. The summed E-state index contributed by atoms with van der Waals surface area (Å²) in [6.45, 7) is 1.00. The van der Waals surface area contributed by atoms with Crippen LogP contribution < -0.4 is 10.1 Å². The van der Waals surface area contributed by atoms with E-state index in [0.29, 0.717) is 48.7 Å². The second-order valence-corrected chi connectivity index (χ2v) is 7.52. The third-order valence-corrected chi connectivity index (χ3v) is 5.37. The van der Waals surface area contributed by atoms with Crippen molar-refractivity contribution in [3.05, 3.63) is 84.4 Å². The molecule has 1 aliphatic rings. The number of benzene rings is 3. The smallest absolute Gasteiger partial charge is 0.253 e. The Morgan fingerprint density at radius 2 is 1.55 bits per heavy atom. The first kappa shape index (κ1) is 20.5. The molecule has 0 saturated carbocycles. The van der Waals surface area contributed by atoms with Gasteiger partial charge in [-0.05, 0) is 55.3 Å². The van der Waals surface area contributed by atoms with Crippen molar-refractivity contribution in [3.8, 4) is 17.2 Å². The number of likely N-dealkylation sites (tertiary alicyclic amines) is 1. The van der Waals surface area contributed by atoms with E-state index in [1.54, 1.807) is 41.3 Å². The Morgan fingerprint density at radius 3 is 2.29 bits per heavy atom. The molecule has 31 heavy (non-hydrogen) atoms. The number of nitrogens with zero attached hydrogens (tertiary/aromatic N) is 1. The number of hydrogen-bond acceptors (Lipinski definition) is 4. The molecule has 1 fully saturated rings. The van der Waals surface area contributed by atoms with Crippen LogP contribution in [-0.4, -0.2) is 34.9 Å². The first-order valence-corrected chi connectivity index (χ1v) is 10.3. The number of carbonyl (C=O) groups is 2. The zero-order valence-electron chi connectivity index (χ0n) is 17.0. The summed E-state index contributed by atoms with van der Waals surface area (Å²) in [5, 5.41) is 12.6. The van der Waals surface area contributed by atoms with Crippen molar-refractivity contribution in [1.82, 2.24) is 4.90 Å². The highest BCUT2D eigenvalue weighted by atomic mass is 16.5. The van der Waals surface area contributed by atoms with Crippen molar-refractivity contribution in [1.29, 1.82) is 0 Å². The fraction of sp³-hybridized carbons (Fsp3) is 0.200. The number of ether oxygens (including phenoxy) is 1. The lowest BCUT2D eigenvalue weighted by Crippen LogP contribution is -2.41. The van der Waals surface area contributed by atoms with E-state index in [0.717, 1.165) is 0 Å². The first-order chi connectivity index (χ1) is 15.1. The second kappa shape index (κ2) is 9.34. The molecule has 158 valence electrons. The second-order valence-electron chi connectivity index (χ2n) is 7.52. The van der Waals surface area contributed by atoms with Gasteiger partial charge < -0.3 is 20.1 Å². The molecule has 0 spiro atoms. The van der Waals surface area contributed by atoms with Gasteiger partial charge in [-0.2, -0.15) is 0 Å². The summed E-state index contributed by atoms with van der Waals surface area (Å²) < 4.78 is 5.83. The highest BCUT2D eigenvalue weighted by molar-refractivity contribution is 5.96. The predicted molar refractivity (Wildman–Crippen MR) is 118 cm³/mol.